The average molecular weight is 235 g/mol. The van der Waals surface area contributed by atoms with Crippen molar-refractivity contribution in [2.45, 2.75) is 37.9 Å². The molecule has 17 heavy (non-hydrogen) atoms. The fraction of sp³-hybridized carbons (Fsp3) is 0.462. The van der Waals surface area contributed by atoms with Gasteiger partial charge in [0.2, 0.25) is 0 Å². The lowest BCUT2D eigenvalue weighted by Gasteiger charge is -2.28. The van der Waals surface area contributed by atoms with Crippen molar-refractivity contribution < 1.29 is 14.3 Å². The van der Waals surface area contributed by atoms with Crippen molar-refractivity contribution in [2.75, 3.05) is 0 Å². The first kappa shape index (κ1) is 11.8. The first-order valence-electron chi connectivity index (χ1n) is 5.92. The van der Waals surface area contributed by atoms with E-state index in [9.17, 15) is 4.79 Å². The molecule has 1 aromatic rings. The first-order valence-corrected chi connectivity index (χ1v) is 5.92. The Bertz CT molecular complexity index is 358. The van der Waals surface area contributed by atoms with E-state index in [4.69, 9.17) is 15.2 Å². The lowest BCUT2D eigenvalue weighted by Crippen LogP contribution is -2.31. The topological polar surface area (TPSA) is 61.6 Å². The van der Waals surface area contributed by atoms with Gasteiger partial charge in [-0.2, -0.15) is 0 Å². The average Bonchev–Trinajstić information content (AvgIpc) is 2.32. The monoisotopic (exact) mass is 235 g/mol. The van der Waals surface area contributed by atoms with Gasteiger partial charge in [-0.05, 0) is 37.8 Å². The Labute approximate surface area is 101 Å². The minimum atomic E-state index is -0.683. The lowest BCUT2D eigenvalue weighted by molar-refractivity contribution is 0.0470. The molecule has 0 aliphatic heterocycles. The zero-order chi connectivity index (χ0) is 12.1. The number of primary amides is 1. The summed E-state index contributed by atoms with van der Waals surface area (Å²) in [6.45, 7) is 0. The molecule has 1 aliphatic rings. The van der Waals surface area contributed by atoms with E-state index in [0.29, 0.717) is 0 Å². The third-order valence-electron chi connectivity index (χ3n) is 2.95. The van der Waals surface area contributed by atoms with Crippen LogP contribution in [0.15, 0.2) is 30.3 Å². The van der Waals surface area contributed by atoms with Crippen LogP contribution < -0.4 is 10.5 Å². The number of amides is 1. The van der Waals surface area contributed by atoms with Crippen molar-refractivity contribution in [3.8, 4) is 5.75 Å². The van der Waals surface area contributed by atoms with Crippen molar-refractivity contribution in [2.24, 2.45) is 5.73 Å². The maximum absolute atomic E-state index is 10.6. The van der Waals surface area contributed by atoms with Crippen LogP contribution in [0.4, 0.5) is 4.79 Å². The zero-order valence-corrected chi connectivity index (χ0v) is 9.67. The summed E-state index contributed by atoms with van der Waals surface area (Å²) in [5, 5.41) is 0. The van der Waals surface area contributed by atoms with Gasteiger partial charge in [-0.25, -0.2) is 4.79 Å². The number of hydrogen-bond acceptors (Lipinski definition) is 3. The molecule has 0 bridgehead atoms. The van der Waals surface area contributed by atoms with Crippen LogP contribution in [-0.2, 0) is 4.74 Å². The number of nitrogens with two attached hydrogens (primary N) is 1. The van der Waals surface area contributed by atoms with Gasteiger partial charge in [-0.15, -0.1) is 0 Å². The van der Waals surface area contributed by atoms with E-state index in [0.717, 1.165) is 31.4 Å². The van der Waals surface area contributed by atoms with Crippen molar-refractivity contribution >= 4 is 6.09 Å². The highest BCUT2D eigenvalue weighted by Gasteiger charge is 2.24. The highest BCUT2D eigenvalue weighted by Crippen LogP contribution is 2.25. The summed E-state index contributed by atoms with van der Waals surface area (Å²) in [6, 6.07) is 9.77. The minimum absolute atomic E-state index is 0.0388. The normalized spacial score (nSPS) is 24.0. The number of hydrogen-bond donors (Lipinski definition) is 1. The van der Waals surface area contributed by atoms with E-state index in [1.54, 1.807) is 0 Å². The Hall–Kier alpha value is -1.71. The van der Waals surface area contributed by atoms with Crippen LogP contribution in [-0.4, -0.2) is 18.3 Å². The van der Waals surface area contributed by atoms with Gasteiger partial charge < -0.3 is 15.2 Å². The molecule has 0 aromatic heterocycles. The second-order valence-corrected chi connectivity index (χ2v) is 4.27. The highest BCUT2D eigenvalue weighted by molar-refractivity contribution is 5.64. The van der Waals surface area contributed by atoms with Crippen molar-refractivity contribution in [1.29, 1.82) is 0 Å². The molecule has 2 rings (SSSR count). The van der Waals surface area contributed by atoms with E-state index < -0.39 is 6.09 Å². The summed E-state index contributed by atoms with van der Waals surface area (Å²) in [5.41, 5.74) is 4.99. The molecule has 92 valence electrons. The number of ether oxygens (including phenoxy) is 2. The zero-order valence-electron chi connectivity index (χ0n) is 9.67. The molecule has 0 saturated heterocycles. The molecule has 1 fully saturated rings. The van der Waals surface area contributed by atoms with E-state index in [1.807, 2.05) is 30.3 Å². The van der Waals surface area contributed by atoms with Gasteiger partial charge in [0.15, 0.2) is 0 Å². The molecule has 2 N–H and O–H groups in total. The maximum atomic E-state index is 10.6. The van der Waals surface area contributed by atoms with Crippen LogP contribution in [0.3, 0.4) is 0 Å². The molecular formula is C13H17NO3. The third-order valence-corrected chi connectivity index (χ3v) is 2.95. The summed E-state index contributed by atoms with van der Waals surface area (Å²) in [4.78, 5) is 10.6. The van der Waals surface area contributed by atoms with Crippen LogP contribution >= 0.6 is 0 Å². The van der Waals surface area contributed by atoms with Crippen molar-refractivity contribution in [3.05, 3.63) is 30.3 Å². The number of para-hydroxylation sites is 1. The Balaban J connectivity index is 1.78. The number of carbonyl (C=O) groups excluding carboxylic acids is 1. The minimum Gasteiger partial charge on any atom is -0.490 e. The molecule has 1 aliphatic carbocycles. The second-order valence-electron chi connectivity index (χ2n) is 4.27. The predicted octanol–water partition coefficient (Wildman–Crippen LogP) is 2.47. The Morgan fingerprint density at radius 1 is 1.06 bits per heavy atom. The van der Waals surface area contributed by atoms with Crippen LogP contribution in [0, 0.1) is 0 Å². The third kappa shape index (κ3) is 3.66. The van der Waals surface area contributed by atoms with Crippen LogP contribution in [0.2, 0.25) is 0 Å². The van der Waals surface area contributed by atoms with Crippen molar-refractivity contribution in [3.63, 3.8) is 0 Å². The molecule has 0 atom stereocenters. The van der Waals surface area contributed by atoms with Crippen LogP contribution in [0.25, 0.3) is 0 Å². The van der Waals surface area contributed by atoms with Gasteiger partial charge in [0.05, 0.1) is 6.10 Å². The molecule has 0 unspecified atom stereocenters. The first-order chi connectivity index (χ1) is 8.24. The summed E-state index contributed by atoms with van der Waals surface area (Å²) < 4.78 is 10.8. The molecule has 1 amide bonds. The second kappa shape index (κ2) is 5.57. The highest BCUT2D eigenvalue weighted by atomic mass is 16.6. The smallest absolute Gasteiger partial charge is 0.404 e. The van der Waals surface area contributed by atoms with Gasteiger partial charge in [-0.3, -0.25) is 0 Å². The molecule has 0 radical (unpaired) electrons. The van der Waals surface area contributed by atoms with Crippen LogP contribution in [0.1, 0.15) is 25.7 Å². The van der Waals surface area contributed by atoms with E-state index >= 15 is 0 Å². The quantitative estimate of drug-likeness (QED) is 0.875. The largest absolute Gasteiger partial charge is 0.490 e. The summed E-state index contributed by atoms with van der Waals surface area (Å²) in [5.74, 6) is 0.895. The SMILES string of the molecule is NC(=O)OC1CCC(Oc2ccccc2)CC1. The van der Waals surface area contributed by atoms with Gasteiger partial charge in [0, 0.05) is 0 Å². The fourth-order valence-electron chi connectivity index (χ4n) is 2.12. The molecule has 0 spiro atoms. The number of rotatable bonds is 3. The van der Waals surface area contributed by atoms with Crippen LogP contribution in [0.5, 0.6) is 5.75 Å². The molecule has 0 heterocycles. The van der Waals surface area contributed by atoms with Gasteiger partial charge in [-0.1, -0.05) is 18.2 Å². The summed E-state index contributed by atoms with van der Waals surface area (Å²) in [6.07, 6.45) is 2.92. The summed E-state index contributed by atoms with van der Waals surface area (Å²) >= 11 is 0. The Morgan fingerprint density at radius 2 is 1.65 bits per heavy atom. The van der Waals surface area contributed by atoms with Gasteiger partial charge >= 0.3 is 6.09 Å². The molecular weight excluding hydrogens is 218 g/mol. The van der Waals surface area contributed by atoms with Gasteiger partial charge in [0.1, 0.15) is 11.9 Å². The Morgan fingerprint density at radius 3 is 2.24 bits per heavy atom. The van der Waals surface area contributed by atoms with E-state index in [2.05, 4.69) is 0 Å². The number of carbonyl (C=O) groups is 1. The standard InChI is InChI=1S/C13H17NO3/c14-13(15)17-12-8-6-11(7-9-12)16-10-4-2-1-3-5-10/h1-5,11-12H,6-9H2,(H2,14,15). The number of benzene rings is 1. The Kier molecular flexibility index (Phi) is 3.85. The van der Waals surface area contributed by atoms with Crippen molar-refractivity contribution in [1.82, 2.24) is 0 Å². The lowest BCUT2D eigenvalue weighted by atomic mass is 9.95. The van der Waals surface area contributed by atoms with E-state index in [-0.39, 0.29) is 12.2 Å². The molecule has 4 nitrogen and oxygen atoms in total. The van der Waals surface area contributed by atoms with Gasteiger partial charge in [0.25, 0.3) is 0 Å². The molecule has 1 saturated carbocycles. The summed E-state index contributed by atoms with van der Waals surface area (Å²) in [7, 11) is 0. The maximum Gasteiger partial charge on any atom is 0.404 e. The molecule has 1 aromatic carbocycles. The molecule has 4 heteroatoms. The predicted molar refractivity (Wildman–Crippen MR) is 63.8 cm³/mol. The van der Waals surface area contributed by atoms with E-state index in [1.165, 1.54) is 0 Å². The fourth-order valence-corrected chi connectivity index (χ4v) is 2.12.